The molecule has 1 saturated carbocycles. The van der Waals surface area contributed by atoms with E-state index >= 15 is 0 Å². The fourth-order valence-electron chi connectivity index (χ4n) is 3.87. The van der Waals surface area contributed by atoms with E-state index in [4.69, 9.17) is 18.9 Å². The van der Waals surface area contributed by atoms with Gasteiger partial charge in [0.1, 0.15) is 6.10 Å². The van der Waals surface area contributed by atoms with Crippen LogP contribution in [0.25, 0.3) is 0 Å². The minimum absolute atomic E-state index is 0.0371. The first-order valence-corrected chi connectivity index (χ1v) is 9.86. The first-order valence-electron chi connectivity index (χ1n) is 9.86. The Morgan fingerprint density at radius 1 is 1.28 bits per heavy atom. The zero-order valence-electron chi connectivity index (χ0n) is 16.4. The van der Waals surface area contributed by atoms with E-state index in [0.717, 1.165) is 38.7 Å². The first-order chi connectivity index (χ1) is 11.7. The molecule has 0 aromatic heterocycles. The highest BCUT2D eigenvalue weighted by Crippen LogP contribution is 2.49. The van der Waals surface area contributed by atoms with Crippen molar-refractivity contribution in [3.8, 4) is 0 Å². The second kappa shape index (κ2) is 7.16. The van der Waals surface area contributed by atoms with E-state index in [0.29, 0.717) is 24.7 Å². The molecule has 5 nitrogen and oxygen atoms in total. The molecule has 0 radical (unpaired) electrons. The molecule has 5 heteroatoms. The van der Waals surface area contributed by atoms with Crippen molar-refractivity contribution in [2.75, 3.05) is 13.2 Å². The third-order valence-corrected chi connectivity index (χ3v) is 6.38. The molecule has 3 fully saturated rings. The van der Waals surface area contributed by atoms with Crippen LogP contribution in [-0.4, -0.2) is 48.7 Å². The lowest BCUT2D eigenvalue weighted by molar-refractivity contribution is -0.156. The lowest BCUT2D eigenvalue weighted by atomic mass is 9.83. The van der Waals surface area contributed by atoms with Gasteiger partial charge < -0.3 is 18.9 Å². The minimum Gasteiger partial charge on any atom is -0.460 e. The van der Waals surface area contributed by atoms with Crippen molar-refractivity contribution in [1.29, 1.82) is 0 Å². The Morgan fingerprint density at radius 2 is 2.00 bits per heavy atom. The second-order valence-electron chi connectivity index (χ2n) is 8.86. The second-order valence-corrected chi connectivity index (χ2v) is 8.86. The molecule has 0 aromatic carbocycles. The molecule has 2 saturated heterocycles. The SMILES string of the molecule is CC(COCC1CCC2(C)OC2C1)OC(=O)C(C)CCC1(C)OC1C. The Balaban J connectivity index is 1.26. The number of carbonyl (C=O) groups is 1. The lowest BCUT2D eigenvalue weighted by Gasteiger charge is -2.23. The summed E-state index contributed by atoms with van der Waals surface area (Å²) in [5.74, 6) is 0.343. The Morgan fingerprint density at radius 3 is 2.64 bits per heavy atom. The van der Waals surface area contributed by atoms with E-state index in [9.17, 15) is 4.79 Å². The molecule has 25 heavy (non-hydrogen) atoms. The van der Waals surface area contributed by atoms with E-state index < -0.39 is 0 Å². The van der Waals surface area contributed by atoms with E-state index in [1.165, 1.54) is 0 Å². The summed E-state index contributed by atoms with van der Waals surface area (Å²) in [6.45, 7) is 11.4. The quantitative estimate of drug-likeness (QED) is 0.468. The number of esters is 1. The van der Waals surface area contributed by atoms with Crippen molar-refractivity contribution in [3.05, 3.63) is 0 Å². The molecule has 2 heterocycles. The van der Waals surface area contributed by atoms with Gasteiger partial charge in [0.2, 0.25) is 0 Å². The van der Waals surface area contributed by atoms with Crippen LogP contribution in [0.15, 0.2) is 0 Å². The number of epoxide rings is 2. The predicted molar refractivity (Wildman–Crippen MR) is 94.3 cm³/mol. The largest absolute Gasteiger partial charge is 0.460 e. The van der Waals surface area contributed by atoms with Crippen molar-refractivity contribution >= 4 is 5.97 Å². The highest BCUT2D eigenvalue weighted by Gasteiger charge is 2.55. The predicted octanol–water partition coefficient (Wildman–Crippen LogP) is 3.49. The van der Waals surface area contributed by atoms with Gasteiger partial charge in [0.25, 0.3) is 0 Å². The third kappa shape index (κ3) is 4.75. The average molecular weight is 354 g/mol. The molecule has 7 atom stereocenters. The fraction of sp³-hybridized carbons (Fsp3) is 0.950. The maximum atomic E-state index is 12.2. The number of carbonyl (C=O) groups excluding carboxylic acids is 1. The average Bonchev–Trinajstić information content (AvgIpc) is 3.39. The molecular weight excluding hydrogens is 320 g/mol. The van der Waals surface area contributed by atoms with Crippen molar-refractivity contribution in [1.82, 2.24) is 0 Å². The van der Waals surface area contributed by atoms with Crippen molar-refractivity contribution in [2.45, 2.75) is 96.2 Å². The zero-order valence-corrected chi connectivity index (χ0v) is 16.4. The van der Waals surface area contributed by atoms with Crippen molar-refractivity contribution in [2.24, 2.45) is 11.8 Å². The molecule has 0 N–H and O–H groups in total. The van der Waals surface area contributed by atoms with Gasteiger partial charge >= 0.3 is 5.97 Å². The summed E-state index contributed by atoms with van der Waals surface area (Å²) >= 11 is 0. The summed E-state index contributed by atoms with van der Waals surface area (Å²) in [4.78, 5) is 12.2. The van der Waals surface area contributed by atoms with Crippen LogP contribution in [0.1, 0.15) is 66.7 Å². The molecule has 1 aliphatic carbocycles. The van der Waals surface area contributed by atoms with E-state index in [1.807, 2.05) is 13.8 Å². The minimum atomic E-state index is -0.201. The molecule has 144 valence electrons. The Labute approximate surface area is 151 Å². The summed E-state index contributed by atoms with van der Waals surface area (Å²) in [5, 5.41) is 0. The van der Waals surface area contributed by atoms with Gasteiger partial charge in [-0.05, 0) is 65.7 Å². The molecule has 0 bridgehead atoms. The number of fused-ring (bicyclic) bond motifs is 1. The van der Waals surface area contributed by atoms with Gasteiger partial charge in [-0.15, -0.1) is 0 Å². The first kappa shape index (κ1) is 19.1. The Kier molecular flexibility index (Phi) is 5.48. The third-order valence-electron chi connectivity index (χ3n) is 6.38. The van der Waals surface area contributed by atoms with Gasteiger partial charge in [0.05, 0.1) is 35.9 Å². The molecule has 3 aliphatic rings. The molecule has 0 spiro atoms. The summed E-state index contributed by atoms with van der Waals surface area (Å²) < 4.78 is 22.6. The Hall–Kier alpha value is -0.650. The van der Waals surface area contributed by atoms with Gasteiger partial charge in [-0.2, -0.15) is 0 Å². The van der Waals surface area contributed by atoms with Gasteiger partial charge in [0.15, 0.2) is 0 Å². The summed E-state index contributed by atoms with van der Waals surface area (Å²) in [5.41, 5.74) is 0.125. The number of hydrogen-bond acceptors (Lipinski definition) is 5. The maximum absolute atomic E-state index is 12.2. The summed E-state index contributed by atoms with van der Waals surface area (Å²) in [6, 6.07) is 0. The smallest absolute Gasteiger partial charge is 0.308 e. The van der Waals surface area contributed by atoms with Crippen molar-refractivity contribution in [3.63, 3.8) is 0 Å². The highest BCUT2D eigenvalue weighted by molar-refractivity contribution is 5.72. The van der Waals surface area contributed by atoms with Gasteiger partial charge in [0, 0.05) is 6.61 Å². The van der Waals surface area contributed by atoms with Gasteiger partial charge in [-0.25, -0.2) is 0 Å². The molecule has 0 aromatic rings. The van der Waals surface area contributed by atoms with Crippen LogP contribution >= 0.6 is 0 Å². The monoisotopic (exact) mass is 354 g/mol. The molecule has 0 amide bonds. The maximum Gasteiger partial charge on any atom is 0.308 e. The van der Waals surface area contributed by atoms with E-state index in [2.05, 4.69) is 20.8 Å². The summed E-state index contributed by atoms with van der Waals surface area (Å²) in [7, 11) is 0. The van der Waals surface area contributed by atoms with Crippen LogP contribution < -0.4 is 0 Å². The lowest BCUT2D eigenvalue weighted by Crippen LogP contribution is -2.28. The summed E-state index contributed by atoms with van der Waals surface area (Å²) in [6.07, 6.45) is 5.64. The number of rotatable bonds is 9. The van der Waals surface area contributed by atoms with E-state index in [1.54, 1.807) is 0 Å². The number of ether oxygens (including phenoxy) is 4. The molecule has 2 aliphatic heterocycles. The van der Waals surface area contributed by atoms with Crippen LogP contribution in [0.2, 0.25) is 0 Å². The zero-order chi connectivity index (χ0) is 18.2. The highest BCUT2D eigenvalue weighted by atomic mass is 16.6. The van der Waals surface area contributed by atoms with Crippen LogP contribution in [0.5, 0.6) is 0 Å². The number of hydrogen-bond donors (Lipinski definition) is 0. The normalized spacial score (nSPS) is 41.6. The topological polar surface area (TPSA) is 60.6 Å². The van der Waals surface area contributed by atoms with Crippen LogP contribution in [0, 0.1) is 11.8 Å². The molecule has 3 rings (SSSR count). The van der Waals surface area contributed by atoms with Gasteiger partial charge in [-0.1, -0.05) is 6.92 Å². The molecular formula is C20H34O5. The van der Waals surface area contributed by atoms with Crippen molar-refractivity contribution < 1.29 is 23.7 Å². The van der Waals surface area contributed by atoms with Gasteiger partial charge in [-0.3, -0.25) is 4.79 Å². The van der Waals surface area contributed by atoms with E-state index in [-0.39, 0.29) is 29.2 Å². The Bertz CT molecular complexity index is 494. The van der Waals surface area contributed by atoms with Crippen LogP contribution in [0.3, 0.4) is 0 Å². The molecule has 7 unspecified atom stereocenters. The van der Waals surface area contributed by atoms with Crippen LogP contribution in [-0.2, 0) is 23.7 Å². The standard InChI is InChI=1S/C20H34O5/c1-13(6-8-19(4)15(3)24-19)18(21)23-14(2)11-22-12-16-7-9-20(5)17(10-16)25-20/h13-17H,6-12H2,1-5H3. The fourth-order valence-corrected chi connectivity index (χ4v) is 3.87. The van der Waals surface area contributed by atoms with Crippen LogP contribution in [0.4, 0.5) is 0 Å².